The maximum Gasteiger partial charge on any atom is 0.191 e. The second-order valence-corrected chi connectivity index (χ2v) is 9.20. The van der Waals surface area contributed by atoms with Crippen molar-refractivity contribution >= 4 is 5.96 Å². The van der Waals surface area contributed by atoms with Crippen molar-refractivity contribution in [3.05, 3.63) is 11.6 Å². The fourth-order valence-corrected chi connectivity index (χ4v) is 5.49. The van der Waals surface area contributed by atoms with Crippen LogP contribution in [0.1, 0.15) is 69.4 Å². The number of aryl methyl sites for hydroxylation is 1. The number of aromatic nitrogens is 3. The summed E-state index contributed by atoms with van der Waals surface area (Å²) in [6, 6.07) is 0.318. The lowest BCUT2D eigenvalue weighted by atomic mass is 9.79. The maximum absolute atomic E-state index is 5.18. The van der Waals surface area contributed by atoms with Crippen molar-refractivity contribution in [3.63, 3.8) is 0 Å². The number of fused-ring (bicyclic) bond motifs is 1. The molecule has 1 aromatic rings. The van der Waals surface area contributed by atoms with Crippen molar-refractivity contribution in [1.82, 2.24) is 30.3 Å². The second-order valence-electron chi connectivity index (χ2n) is 9.20. The zero-order valence-corrected chi connectivity index (χ0v) is 18.8. The van der Waals surface area contributed by atoms with Crippen LogP contribution in [0.2, 0.25) is 0 Å². The third kappa shape index (κ3) is 4.97. The SMILES string of the molecule is CN=C(NCC1(N2CCCCC2)CCCCC1)NC1CCc2nc(COC)nn2C1. The van der Waals surface area contributed by atoms with Gasteiger partial charge in [-0.25, -0.2) is 9.67 Å². The Kier molecular flexibility index (Phi) is 7.25. The Morgan fingerprint density at radius 1 is 1.17 bits per heavy atom. The normalized spacial score (nSPS) is 25.0. The van der Waals surface area contributed by atoms with Gasteiger partial charge in [-0.15, -0.1) is 0 Å². The fourth-order valence-electron chi connectivity index (χ4n) is 5.49. The van der Waals surface area contributed by atoms with Crippen LogP contribution in [0.15, 0.2) is 4.99 Å². The molecule has 1 atom stereocenters. The van der Waals surface area contributed by atoms with Gasteiger partial charge in [-0.2, -0.15) is 5.10 Å². The number of aliphatic imine (C=N–C) groups is 1. The zero-order valence-electron chi connectivity index (χ0n) is 18.8. The van der Waals surface area contributed by atoms with Gasteiger partial charge < -0.3 is 15.4 Å². The average molecular weight is 418 g/mol. The summed E-state index contributed by atoms with van der Waals surface area (Å²) in [5.74, 6) is 2.76. The molecule has 8 heteroatoms. The average Bonchev–Trinajstić information content (AvgIpc) is 3.20. The third-order valence-electron chi connectivity index (χ3n) is 7.14. The van der Waals surface area contributed by atoms with Gasteiger partial charge in [-0.05, 0) is 45.2 Å². The Morgan fingerprint density at radius 3 is 2.67 bits per heavy atom. The number of piperidine rings is 1. The number of rotatable bonds is 6. The molecule has 4 rings (SSSR count). The van der Waals surface area contributed by atoms with Gasteiger partial charge in [0, 0.05) is 38.7 Å². The molecule has 168 valence electrons. The first-order valence-electron chi connectivity index (χ1n) is 11.9. The van der Waals surface area contributed by atoms with Crippen LogP contribution in [0, 0.1) is 0 Å². The minimum atomic E-state index is 0.303. The maximum atomic E-state index is 5.18. The van der Waals surface area contributed by atoms with Gasteiger partial charge in [0.25, 0.3) is 0 Å². The summed E-state index contributed by atoms with van der Waals surface area (Å²) in [5, 5.41) is 11.9. The highest BCUT2D eigenvalue weighted by atomic mass is 16.5. The number of methoxy groups -OCH3 is 1. The second kappa shape index (κ2) is 10.1. The van der Waals surface area contributed by atoms with Crippen LogP contribution in [0.3, 0.4) is 0 Å². The van der Waals surface area contributed by atoms with Crippen molar-refractivity contribution in [1.29, 1.82) is 0 Å². The lowest BCUT2D eigenvalue weighted by Crippen LogP contribution is -2.59. The van der Waals surface area contributed by atoms with E-state index < -0.39 is 0 Å². The minimum Gasteiger partial charge on any atom is -0.377 e. The van der Waals surface area contributed by atoms with Crippen molar-refractivity contribution in [2.24, 2.45) is 4.99 Å². The molecule has 2 fully saturated rings. The first-order chi connectivity index (χ1) is 14.7. The van der Waals surface area contributed by atoms with Crippen LogP contribution in [-0.4, -0.2) is 71.0 Å². The molecule has 1 saturated heterocycles. The fraction of sp³-hybridized carbons (Fsp3) is 0.864. The minimum absolute atomic E-state index is 0.303. The zero-order chi connectivity index (χ0) is 20.8. The molecule has 1 aromatic heterocycles. The molecule has 1 aliphatic carbocycles. The van der Waals surface area contributed by atoms with Gasteiger partial charge >= 0.3 is 0 Å². The van der Waals surface area contributed by atoms with E-state index in [-0.39, 0.29) is 0 Å². The van der Waals surface area contributed by atoms with Gasteiger partial charge in [0.1, 0.15) is 12.4 Å². The van der Waals surface area contributed by atoms with Crippen molar-refractivity contribution in [3.8, 4) is 0 Å². The van der Waals surface area contributed by atoms with E-state index in [0.717, 1.165) is 43.5 Å². The molecule has 2 N–H and O–H groups in total. The molecule has 30 heavy (non-hydrogen) atoms. The molecule has 1 unspecified atom stereocenters. The van der Waals surface area contributed by atoms with E-state index in [9.17, 15) is 0 Å². The van der Waals surface area contributed by atoms with E-state index >= 15 is 0 Å². The number of hydrogen-bond acceptors (Lipinski definition) is 5. The number of nitrogens with one attached hydrogen (secondary N) is 2. The predicted octanol–water partition coefficient (Wildman–Crippen LogP) is 2.09. The van der Waals surface area contributed by atoms with Crippen LogP contribution < -0.4 is 10.6 Å². The van der Waals surface area contributed by atoms with Gasteiger partial charge in [0.2, 0.25) is 0 Å². The summed E-state index contributed by atoms with van der Waals surface area (Å²) in [7, 11) is 3.56. The van der Waals surface area contributed by atoms with E-state index in [1.54, 1.807) is 7.11 Å². The quantitative estimate of drug-likeness (QED) is 0.545. The third-order valence-corrected chi connectivity index (χ3v) is 7.14. The summed E-state index contributed by atoms with van der Waals surface area (Å²) in [6.07, 6.45) is 12.8. The predicted molar refractivity (Wildman–Crippen MR) is 119 cm³/mol. The Labute approximate surface area is 180 Å². The number of nitrogens with zero attached hydrogens (tertiary/aromatic N) is 5. The van der Waals surface area contributed by atoms with Crippen molar-refractivity contribution in [2.45, 2.75) is 88.9 Å². The van der Waals surface area contributed by atoms with Crippen molar-refractivity contribution < 1.29 is 4.74 Å². The van der Waals surface area contributed by atoms with E-state index in [0.29, 0.717) is 18.2 Å². The molecular weight excluding hydrogens is 378 g/mol. The molecule has 8 nitrogen and oxygen atoms in total. The highest BCUT2D eigenvalue weighted by Gasteiger charge is 2.38. The van der Waals surface area contributed by atoms with Gasteiger partial charge in [0.05, 0.1) is 6.54 Å². The van der Waals surface area contributed by atoms with Crippen LogP contribution in [0.4, 0.5) is 0 Å². The molecule has 3 heterocycles. The molecule has 0 bridgehead atoms. The van der Waals surface area contributed by atoms with Crippen LogP contribution in [-0.2, 0) is 24.3 Å². The van der Waals surface area contributed by atoms with Crippen LogP contribution in [0.5, 0.6) is 0 Å². The first kappa shape index (κ1) is 21.6. The Morgan fingerprint density at radius 2 is 1.93 bits per heavy atom. The number of hydrogen-bond donors (Lipinski definition) is 2. The van der Waals surface area contributed by atoms with Gasteiger partial charge in [-0.3, -0.25) is 9.89 Å². The van der Waals surface area contributed by atoms with E-state index in [2.05, 4.69) is 30.6 Å². The molecule has 1 saturated carbocycles. The van der Waals surface area contributed by atoms with E-state index in [4.69, 9.17) is 4.74 Å². The highest BCUT2D eigenvalue weighted by molar-refractivity contribution is 5.80. The number of guanidine groups is 1. The monoisotopic (exact) mass is 417 g/mol. The molecule has 0 aromatic carbocycles. The van der Waals surface area contributed by atoms with E-state index in [1.165, 1.54) is 64.5 Å². The topological polar surface area (TPSA) is 79.6 Å². The summed E-state index contributed by atoms with van der Waals surface area (Å²) in [5.41, 5.74) is 0.303. The van der Waals surface area contributed by atoms with Crippen molar-refractivity contribution in [2.75, 3.05) is 33.8 Å². The smallest absolute Gasteiger partial charge is 0.191 e. The molecule has 3 aliphatic rings. The molecule has 0 spiro atoms. The van der Waals surface area contributed by atoms with Crippen LogP contribution in [0.25, 0.3) is 0 Å². The molecule has 0 radical (unpaired) electrons. The summed E-state index contributed by atoms with van der Waals surface area (Å²) in [6.45, 7) is 4.81. The number of ether oxygens (including phenoxy) is 1. The summed E-state index contributed by atoms with van der Waals surface area (Å²) < 4.78 is 7.20. The lowest BCUT2D eigenvalue weighted by molar-refractivity contribution is 0.0367. The lowest BCUT2D eigenvalue weighted by Gasteiger charge is -2.48. The molecular formula is C22H39N7O. The van der Waals surface area contributed by atoms with Gasteiger partial charge in [-0.1, -0.05) is 25.7 Å². The molecule has 0 amide bonds. The summed E-state index contributed by atoms with van der Waals surface area (Å²) in [4.78, 5) is 11.9. The highest BCUT2D eigenvalue weighted by Crippen LogP contribution is 2.35. The Hall–Kier alpha value is -1.67. The van der Waals surface area contributed by atoms with E-state index in [1.807, 2.05) is 11.7 Å². The van der Waals surface area contributed by atoms with Crippen LogP contribution >= 0.6 is 0 Å². The van der Waals surface area contributed by atoms with Gasteiger partial charge in [0.15, 0.2) is 11.8 Å². The molecule has 2 aliphatic heterocycles. The standard InChI is InChI=1S/C22H39N7O/c1-23-21(25-18-9-10-20-26-19(16-30-2)27-29(20)15-18)24-17-22(11-5-3-6-12-22)28-13-7-4-8-14-28/h18H,3-17H2,1-2H3,(H2,23,24,25). The Bertz CT molecular complexity index is 704. The summed E-state index contributed by atoms with van der Waals surface area (Å²) >= 11 is 0. The Balaban J connectivity index is 1.34. The largest absolute Gasteiger partial charge is 0.377 e. The first-order valence-corrected chi connectivity index (χ1v) is 11.9. The number of likely N-dealkylation sites (tertiary alicyclic amines) is 1.